The molecule has 184 valence electrons. The molecule has 1 fully saturated rings. The number of hydrogen-bond acceptors (Lipinski definition) is 9. The van der Waals surface area contributed by atoms with Crippen LogP contribution in [0.25, 0.3) is 16.7 Å². The molecule has 0 bridgehead atoms. The Bertz CT molecular complexity index is 1220. The average molecular weight is 496 g/mol. The minimum absolute atomic E-state index is 0.0699. The lowest BCUT2D eigenvalue weighted by Gasteiger charge is -2.27. The van der Waals surface area contributed by atoms with Crippen molar-refractivity contribution >= 4 is 23.5 Å². The molecule has 3 aliphatic rings. The van der Waals surface area contributed by atoms with Crippen molar-refractivity contribution in [3.63, 3.8) is 0 Å². The number of aromatic nitrogens is 5. The van der Waals surface area contributed by atoms with Crippen LogP contribution in [0.15, 0.2) is 41.8 Å². The number of ether oxygens (including phenoxy) is 2. The van der Waals surface area contributed by atoms with Gasteiger partial charge in [0.15, 0.2) is 0 Å². The van der Waals surface area contributed by atoms with Crippen LogP contribution in [0, 0.1) is 0 Å². The Labute approximate surface area is 208 Å². The van der Waals surface area contributed by atoms with Crippen LogP contribution < -0.4 is 9.04 Å². The first-order valence-corrected chi connectivity index (χ1v) is 12.8. The average Bonchev–Trinajstić information content (AvgIpc) is 3.62. The number of aliphatic hydroxyl groups is 1. The van der Waals surface area contributed by atoms with Crippen LogP contribution in [0.2, 0.25) is 0 Å². The molecule has 2 aromatic heterocycles. The molecule has 1 N–H and O–H groups in total. The van der Waals surface area contributed by atoms with Gasteiger partial charge in [0, 0.05) is 48.3 Å². The van der Waals surface area contributed by atoms with E-state index in [2.05, 4.69) is 42.6 Å². The molecule has 3 aliphatic heterocycles. The third-order valence-electron chi connectivity index (χ3n) is 6.60. The van der Waals surface area contributed by atoms with Crippen LogP contribution in [-0.4, -0.2) is 87.2 Å². The van der Waals surface area contributed by atoms with E-state index in [1.54, 1.807) is 23.0 Å². The second kappa shape index (κ2) is 10.0. The van der Waals surface area contributed by atoms with Gasteiger partial charge in [-0.05, 0) is 29.2 Å². The molecule has 11 heteroatoms. The predicted molar refractivity (Wildman–Crippen MR) is 134 cm³/mol. The van der Waals surface area contributed by atoms with Crippen molar-refractivity contribution < 1.29 is 14.6 Å². The number of morpholine rings is 1. The molecule has 0 unspecified atom stereocenters. The van der Waals surface area contributed by atoms with Crippen LogP contribution in [0.1, 0.15) is 12.0 Å². The van der Waals surface area contributed by atoms with Crippen LogP contribution in [-0.2, 0) is 17.8 Å². The van der Waals surface area contributed by atoms with Crippen LogP contribution in [0.5, 0.6) is 5.75 Å². The number of hydrogen-bond donors (Lipinski definition) is 1. The van der Waals surface area contributed by atoms with Crippen molar-refractivity contribution in [3.05, 3.63) is 47.4 Å². The normalized spacial score (nSPS) is 18.4. The Kier molecular flexibility index (Phi) is 6.47. The largest absolute Gasteiger partial charge is 0.493 e. The number of rotatable bonds is 7. The molecule has 3 aromatic rings. The fourth-order valence-electron chi connectivity index (χ4n) is 4.73. The molecular formula is C24H29N7O3S. The van der Waals surface area contributed by atoms with Gasteiger partial charge in [-0.1, -0.05) is 12.1 Å². The quantitative estimate of drug-likeness (QED) is 0.495. The van der Waals surface area contributed by atoms with Gasteiger partial charge in [-0.3, -0.25) is 13.9 Å². The summed E-state index contributed by atoms with van der Waals surface area (Å²) in [5.41, 5.74) is 4.51. The molecular weight excluding hydrogens is 466 g/mol. The van der Waals surface area contributed by atoms with Gasteiger partial charge >= 0.3 is 0 Å². The van der Waals surface area contributed by atoms with E-state index < -0.39 is 0 Å². The first-order chi connectivity index (χ1) is 17.3. The van der Waals surface area contributed by atoms with Crippen molar-refractivity contribution in [1.82, 2.24) is 29.4 Å². The van der Waals surface area contributed by atoms with Gasteiger partial charge in [-0.25, -0.2) is 4.68 Å². The van der Waals surface area contributed by atoms with E-state index in [1.807, 2.05) is 17.1 Å². The SMILES string of the molecule is OCCn1cc(-c2ccc3c(c2)OCCC2=C3CN(c3ncnn3CCN3CCOCC3)S2)cn1. The number of aliphatic hydroxyl groups excluding tert-OH is 1. The molecule has 6 rings (SSSR count). The van der Waals surface area contributed by atoms with E-state index in [1.165, 1.54) is 10.5 Å². The first-order valence-electron chi connectivity index (χ1n) is 12.0. The summed E-state index contributed by atoms with van der Waals surface area (Å²) in [6, 6.07) is 6.38. The fraction of sp³-hybridized carbons (Fsp3) is 0.458. The lowest BCUT2D eigenvalue weighted by molar-refractivity contribution is 0.0360. The molecule has 35 heavy (non-hydrogen) atoms. The Morgan fingerprint density at radius 3 is 2.83 bits per heavy atom. The molecule has 0 aliphatic carbocycles. The summed E-state index contributed by atoms with van der Waals surface area (Å²) in [6.45, 7) is 7.27. The van der Waals surface area contributed by atoms with Crippen LogP contribution in [0.4, 0.5) is 5.95 Å². The smallest absolute Gasteiger partial charge is 0.234 e. The van der Waals surface area contributed by atoms with Gasteiger partial charge in [-0.15, -0.1) is 0 Å². The zero-order valence-electron chi connectivity index (χ0n) is 19.5. The minimum atomic E-state index is 0.0699. The number of anilines is 1. The molecule has 0 saturated carbocycles. The minimum Gasteiger partial charge on any atom is -0.493 e. The molecule has 0 radical (unpaired) electrons. The highest BCUT2D eigenvalue weighted by Gasteiger charge is 2.31. The summed E-state index contributed by atoms with van der Waals surface area (Å²) in [4.78, 5) is 8.34. The van der Waals surface area contributed by atoms with Crippen LogP contribution in [0.3, 0.4) is 0 Å². The highest BCUT2D eigenvalue weighted by Crippen LogP contribution is 2.46. The lowest BCUT2D eigenvalue weighted by Crippen LogP contribution is -2.38. The van der Waals surface area contributed by atoms with Gasteiger partial charge in [0.05, 0.1) is 52.3 Å². The summed E-state index contributed by atoms with van der Waals surface area (Å²) in [7, 11) is 0. The third kappa shape index (κ3) is 4.68. The maximum Gasteiger partial charge on any atom is 0.234 e. The van der Waals surface area contributed by atoms with Crippen molar-refractivity contribution in [1.29, 1.82) is 0 Å². The Morgan fingerprint density at radius 2 is 1.94 bits per heavy atom. The summed E-state index contributed by atoms with van der Waals surface area (Å²) in [5, 5.41) is 18.0. The van der Waals surface area contributed by atoms with E-state index in [0.717, 1.165) is 80.7 Å². The Hall–Kier alpha value is -2.86. The first kappa shape index (κ1) is 22.6. The standard InChI is InChI=1S/C24H29N7O3S/c32-9-6-29-15-19(14-26-29)18-1-2-20-21-16-31(35-23(21)3-10-34-22(20)13-18)24-25-17-27-30(24)5-4-28-7-11-33-12-8-28/h1-2,13-15,17,32H,3-12,16H2. The zero-order chi connectivity index (χ0) is 23.6. The molecule has 1 saturated heterocycles. The summed E-state index contributed by atoms with van der Waals surface area (Å²) >= 11 is 1.75. The maximum atomic E-state index is 9.16. The van der Waals surface area contributed by atoms with Crippen molar-refractivity contribution in [2.75, 3.05) is 56.9 Å². The topological polar surface area (TPSA) is 93.7 Å². The van der Waals surface area contributed by atoms with E-state index in [-0.39, 0.29) is 6.61 Å². The molecule has 10 nitrogen and oxygen atoms in total. The van der Waals surface area contributed by atoms with Gasteiger partial charge in [0.1, 0.15) is 12.1 Å². The zero-order valence-corrected chi connectivity index (χ0v) is 20.4. The number of fused-ring (bicyclic) bond motifs is 2. The number of benzene rings is 1. The van der Waals surface area contributed by atoms with E-state index in [4.69, 9.17) is 14.6 Å². The van der Waals surface area contributed by atoms with E-state index in [9.17, 15) is 0 Å². The highest BCUT2D eigenvalue weighted by atomic mass is 32.2. The van der Waals surface area contributed by atoms with Crippen molar-refractivity contribution in [3.8, 4) is 16.9 Å². The molecule has 1 aromatic carbocycles. The monoisotopic (exact) mass is 495 g/mol. The Morgan fingerprint density at radius 1 is 1.03 bits per heavy atom. The molecule has 0 atom stereocenters. The predicted octanol–water partition coefficient (Wildman–Crippen LogP) is 2.13. The summed E-state index contributed by atoms with van der Waals surface area (Å²) in [6.07, 6.45) is 6.31. The highest BCUT2D eigenvalue weighted by molar-refractivity contribution is 8.04. The van der Waals surface area contributed by atoms with Crippen molar-refractivity contribution in [2.45, 2.75) is 19.5 Å². The molecule has 0 spiro atoms. The van der Waals surface area contributed by atoms with Crippen molar-refractivity contribution in [2.24, 2.45) is 0 Å². The molecule has 5 heterocycles. The van der Waals surface area contributed by atoms with Gasteiger partial charge in [0.2, 0.25) is 5.95 Å². The van der Waals surface area contributed by atoms with E-state index in [0.29, 0.717) is 13.2 Å². The lowest BCUT2D eigenvalue weighted by atomic mass is 10.00. The summed E-state index contributed by atoms with van der Waals surface area (Å²) in [5.74, 6) is 1.80. The van der Waals surface area contributed by atoms with Gasteiger partial charge in [0.25, 0.3) is 0 Å². The number of nitrogens with zero attached hydrogens (tertiary/aromatic N) is 7. The third-order valence-corrected chi connectivity index (χ3v) is 7.78. The summed E-state index contributed by atoms with van der Waals surface area (Å²) < 4.78 is 17.6. The van der Waals surface area contributed by atoms with Gasteiger partial charge in [-0.2, -0.15) is 15.2 Å². The van der Waals surface area contributed by atoms with Gasteiger partial charge < -0.3 is 14.6 Å². The maximum absolute atomic E-state index is 9.16. The van der Waals surface area contributed by atoms with E-state index >= 15 is 0 Å². The fourth-order valence-corrected chi connectivity index (χ4v) is 5.87. The second-order valence-electron chi connectivity index (χ2n) is 8.79. The second-order valence-corrected chi connectivity index (χ2v) is 9.91. The Balaban J connectivity index is 1.19. The molecule has 0 amide bonds. The van der Waals surface area contributed by atoms with Crippen LogP contribution >= 0.6 is 11.9 Å².